The predicted molar refractivity (Wildman–Crippen MR) is 95.6 cm³/mol. The van der Waals surface area contributed by atoms with Crippen molar-refractivity contribution in [1.82, 2.24) is 15.2 Å². The minimum atomic E-state index is -0.166. The highest BCUT2D eigenvalue weighted by Crippen LogP contribution is 2.27. The van der Waals surface area contributed by atoms with Crippen molar-refractivity contribution in [3.05, 3.63) is 53.2 Å². The van der Waals surface area contributed by atoms with E-state index in [1.165, 1.54) is 18.4 Å². The standard InChI is InChI=1S/C20H25N3O2/c24-19(21-14-16-6-7-16)20-22-17-9-12-23(13-10-18(17)25-20)11-8-15-4-2-1-3-5-15/h1-5,16H,6-14H2,(H,21,24). The molecule has 4 rings (SSSR count). The Balaban J connectivity index is 1.30. The van der Waals surface area contributed by atoms with Crippen LogP contribution in [0.25, 0.3) is 0 Å². The number of hydrogen-bond donors (Lipinski definition) is 1. The maximum absolute atomic E-state index is 12.1. The molecule has 2 aliphatic rings. The summed E-state index contributed by atoms with van der Waals surface area (Å²) in [7, 11) is 0. The Hall–Kier alpha value is -2.14. The van der Waals surface area contributed by atoms with Gasteiger partial charge in [-0.15, -0.1) is 0 Å². The molecule has 25 heavy (non-hydrogen) atoms. The molecule has 0 saturated heterocycles. The van der Waals surface area contributed by atoms with E-state index in [0.717, 1.165) is 56.9 Å². The summed E-state index contributed by atoms with van der Waals surface area (Å²) in [5.74, 6) is 1.62. The van der Waals surface area contributed by atoms with Crippen molar-refractivity contribution in [2.24, 2.45) is 5.92 Å². The average Bonchev–Trinajstić information content (AvgIpc) is 3.42. The van der Waals surface area contributed by atoms with Gasteiger partial charge in [-0.3, -0.25) is 4.79 Å². The first-order valence-corrected chi connectivity index (χ1v) is 9.31. The van der Waals surface area contributed by atoms with Crippen LogP contribution in [0, 0.1) is 5.92 Å². The summed E-state index contributed by atoms with van der Waals surface area (Å²) >= 11 is 0. The molecule has 0 spiro atoms. The molecule has 1 fully saturated rings. The van der Waals surface area contributed by atoms with Crippen LogP contribution in [0.15, 0.2) is 34.7 Å². The van der Waals surface area contributed by atoms with Crippen molar-refractivity contribution in [3.63, 3.8) is 0 Å². The molecular formula is C20H25N3O2. The normalized spacial score (nSPS) is 17.8. The Kier molecular flexibility index (Phi) is 4.83. The summed E-state index contributed by atoms with van der Waals surface area (Å²) in [6.07, 6.45) is 5.18. The number of aromatic nitrogens is 1. The van der Waals surface area contributed by atoms with E-state index in [1.807, 2.05) is 0 Å². The van der Waals surface area contributed by atoms with Crippen LogP contribution < -0.4 is 5.32 Å². The zero-order valence-corrected chi connectivity index (χ0v) is 14.5. The van der Waals surface area contributed by atoms with Gasteiger partial charge in [0, 0.05) is 39.0 Å². The molecule has 1 N–H and O–H groups in total. The maximum Gasteiger partial charge on any atom is 0.307 e. The fourth-order valence-corrected chi connectivity index (χ4v) is 3.30. The molecule has 5 heteroatoms. The first-order valence-electron chi connectivity index (χ1n) is 9.31. The van der Waals surface area contributed by atoms with Crippen LogP contribution in [0.1, 0.15) is 40.5 Å². The van der Waals surface area contributed by atoms with Gasteiger partial charge in [-0.05, 0) is 30.7 Å². The Morgan fingerprint density at radius 2 is 2.00 bits per heavy atom. The van der Waals surface area contributed by atoms with E-state index in [1.54, 1.807) is 0 Å². The van der Waals surface area contributed by atoms with Crippen molar-refractivity contribution < 1.29 is 9.21 Å². The van der Waals surface area contributed by atoms with Gasteiger partial charge in [0.2, 0.25) is 0 Å². The van der Waals surface area contributed by atoms with E-state index < -0.39 is 0 Å². The number of amides is 1. The minimum Gasteiger partial charge on any atom is -0.437 e. The summed E-state index contributed by atoms with van der Waals surface area (Å²) in [5.41, 5.74) is 2.33. The summed E-state index contributed by atoms with van der Waals surface area (Å²) in [5, 5.41) is 2.93. The highest BCUT2D eigenvalue weighted by molar-refractivity contribution is 5.89. The zero-order chi connectivity index (χ0) is 17.1. The van der Waals surface area contributed by atoms with Gasteiger partial charge >= 0.3 is 5.91 Å². The molecule has 1 aliphatic heterocycles. The van der Waals surface area contributed by atoms with Gasteiger partial charge in [-0.25, -0.2) is 4.98 Å². The number of rotatable bonds is 6. The molecule has 5 nitrogen and oxygen atoms in total. The second-order valence-corrected chi connectivity index (χ2v) is 7.12. The first-order chi connectivity index (χ1) is 12.3. The minimum absolute atomic E-state index is 0.166. The van der Waals surface area contributed by atoms with E-state index in [2.05, 4.69) is 45.5 Å². The van der Waals surface area contributed by atoms with Crippen LogP contribution in [0.5, 0.6) is 0 Å². The van der Waals surface area contributed by atoms with E-state index in [4.69, 9.17) is 4.42 Å². The number of carbonyl (C=O) groups is 1. The number of oxazole rings is 1. The third kappa shape index (κ3) is 4.28. The van der Waals surface area contributed by atoms with Gasteiger partial charge in [0.15, 0.2) is 0 Å². The lowest BCUT2D eigenvalue weighted by Gasteiger charge is -2.19. The number of fused-ring (bicyclic) bond motifs is 1. The first kappa shape index (κ1) is 16.3. The fourth-order valence-electron chi connectivity index (χ4n) is 3.30. The highest BCUT2D eigenvalue weighted by atomic mass is 16.4. The summed E-state index contributed by atoms with van der Waals surface area (Å²) in [6, 6.07) is 10.6. The van der Waals surface area contributed by atoms with E-state index in [-0.39, 0.29) is 11.8 Å². The smallest absolute Gasteiger partial charge is 0.307 e. The molecule has 1 aromatic heterocycles. The molecule has 0 bridgehead atoms. The molecule has 132 valence electrons. The lowest BCUT2D eigenvalue weighted by molar-refractivity contribution is 0.0915. The van der Waals surface area contributed by atoms with Crippen molar-refractivity contribution >= 4 is 5.91 Å². The molecule has 1 saturated carbocycles. The third-order valence-corrected chi connectivity index (χ3v) is 5.10. The second-order valence-electron chi connectivity index (χ2n) is 7.12. The van der Waals surface area contributed by atoms with Gasteiger partial charge in [-0.1, -0.05) is 30.3 Å². The molecule has 1 aromatic carbocycles. The Labute approximate surface area is 148 Å². The highest BCUT2D eigenvalue weighted by Gasteiger charge is 2.25. The van der Waals surface area contributed by atoms with E-state index >= 15 is 0 Å². The quantitative estimate of drug-likeness (QED) is 0.878. The molecule has 2 heterocycles. The summed E-state index contributed by atoms with van der Waals surface area (Å²) < 4.78 is 5.76. The van der Waals surface area contributed by atoms with E-state index in [9.17, 15) is 4.79 Å². The topological polar surface area (TPSA) is 58.4 Å². The lowest BCUT2D eigenvalue weighted by atomic mass is 10.1. The van der Waals surface area contributed by atoms with Crippen molar-refractivity contribution in [2.75, 3.05) is 26.2 Å². The van der Waals surface area contributed by atoms with Gasteiger partial charge < -0.3 is 14.6 Å². The van der Waals surface area contributed by atoms with Crippen LogP contribution in [-0.4, -0.2) is 42.0 Å². The van der Waals surface area contributed by atoms with E-state index in [0.29, 0.717) is 5.92 Å². The van der Waals surface area contributed by atoms with Crippen molar-refractivity contribution in [3.8, 4) is 0 Å². The average molecular weight is 339 g/mol. The Bertz CT molecular complexity index is 696. The van der Waals surface area contributed by atoms with Gasteiger partial charge in [0.05, 0.1) is 5.69 Å². The monoisotopic (exact) mass is 339 g/mol. The largest absolute Gasteiger partial charge is 0.437 e. The van der Waals surface area contributed by atoms with Gasteiger partial charge in [-0.2, -0.15) is 0 Å². The van der Waals surface area contributed by atoms with Crippen LogP contribution >= 0.6 is 0 Å². The molecular weight excluding hydrogens is 314 g/mol. The molecule has 2 aromatic rings. The SMILES string of the molecule is O=C(NCC1CC1)c1nc2c(o1)CCN(CCc1ccccc1)CC2. The summed E-state index contributed by atoms with van der Waals surface area (Å²) in [6.45, 7) is 3.72. The Morgan fingerprint density at radius 3 is 2.80 bits per heavy atom. The van der Waals surface area contributed by atoms with Crippen LogP contribution in [0.3, 0.4) is 0 Å². The number of carbonyl (C=O) groups excluding carboxylic acids is 1. The van der Waals surface area contributed by atoms with Crippen molar-refractivity contribution in [2.45, 2.75) is 32.1 Å². The molecule has 1 amide bonds. The molecule has 0 atom stereocenters. The molecule has 1 aliphatic carbocycles. The van der Waals surface area contributed by atoms with Crippen LogP contribution in [0.2, 0.25) is 0 Å². The fraction of sp³-hybridized carbons (Fsp3) is 0.500. The number of nitrogens with one attached hydrogen (secondary N) is 1. The second kappa shape index (κ2) is 7.40. The molecule has 0 radical (unpaired) electrons. The zero-order valence-electron chi connectivity index (χ0n) is 14.5. The van der Waals surface area contributed by atoms with Crippen LogP contribution in [0.4, 0.5) is 0 Å². The van der Waals surface area contributed by atoms with Gasteiger partial charge in [0.1, 0.15) is 5.76 Å². The predicted octanol–water partition coefficient (Wildman–Crippen LogP) is 2.46. The Morgan fingerprint density at radius 1 is 1.20 bits per heavy atom. The van der Waals surface area contributed by atoms with Crippen LogP contribution in [-0.2, 0) is 19.3 Å². The number of nitrogens with zero attached hydrogens (tertiary/aromatic N) is 2. The van der Waals surface area contributed by atoms with Crippen molar-refractivity contribution in [1.29, 1.82) is 0 Å². The molecule has 0 unspecified atom stereocenters. The number of hydrogen-bond acceptors (Lipinski definition) is 4. The lowest BCUT2D eigenvalue weighted by Crippen LogP contribution is -2.29. The third-order valence-electron chi connectivity index (χ3n) is 5.10. The number of benzene rings is 1. The maximum atomic E-state index is 12.1. The van der Waals surface area contributed by atoms with Gasteiger partial charge in [0.25, 0.3) is 5.89 Å². The summed E-state index contributed by atoms with van der Waals surface area (Å²) in [4.78, 5) is 19.0.